The van der Waals surface area contributed by atoms with Crippen LogP contribution in [0.2, 0.25) is 0 Å². The highest BCUT2D eigenvalue weighted by molar-refractivity contribution is 7.12. The van der Waals surface area contributed by atoms with E-state index in [1.165, 1.54) is 17.0 Å². The number of carbonyl (C=O) groups is 1. The lowest BCUT2D eigenvalue weighted by Crippen LogP contribution is -2.32. The average molecular weight is 341 g/mol. The number of hydrogen-bond acceptors (Lipinski definition) is 3. The van der Waals surface area contributed by atoms with Crippen LogP contribution in [0.15, 0.2) is 24.3 Å². The van der Waals surface area contributed by atoms with Gasteiger partial charge >= 0.3 is 5.97 Å². The first kappa shape index (κ1) is 16.9. The molecule has 3 nitrogen and oxygen atoms in total. The first-order chi connectivity index (χ1) is 11.2. The molecule has 0 spiro atoms. The highest BCUT2D eigenvalue weighted by Crippen LogP contribution is 2.48. The molecule has 1 N–H and O–H groups in total. The van der Waals surface area contributed by atoms with Gasteiger partial charge in [0.15, 0.2) is 0 Å². The maximum atomic E-state index is 11.3. The van der Waals surface area contributed by atoms with E-state index in [1.54, 1.807) is 23.5 Å². The maximum Gasteiger partial charge on any atom is 0.336 e. The summed E-state index contributed by atoms with van der Waals surface area (Å²) in [5.41, 5.74) is 2.49. The van der Waals surface area contributed by atoms with Gasteiger partial charge in [-0.3, -0.25) is 0 Å². The van der Waals surface area contributed by atoms with Gasteiger partial charge in [0.1, 0.15) is 5.01 Å². The summed E-state index contributed by atoms with van der Waals surface area (Å²) in [5, 5.41) is 10.2. The van der Waals surface area contributed by atoms with Crippen LogP contribution in [0.4, 0.5) is 0 Å². The number of benzene rings is 1. The van der Waals surface area contributed by atoms with Gasteiger partial charge in [0.05, 0.1) is 11.3 Å². The van der Waals surface area contributed by atoms with Gasteiger partial charge < -0.3 is 5.11 Å². The zero-order valence-electron chi connectivity index (χ0n) is 14.6. The minimum atomic E-state index is -0.907. The highest BCUT2D eigenvalue weighted by atomic mass is 32.1. The second-order valence-electron chi connectivity index (χ2n) is 7.72. The summed E-state index contributed by atoms with van der Waals surface area (Å²) in [6.45, 7) is 9.08. The molecule has 0 bridgehead atoms. The predicted molar refractivity (Wildman–Crippen MR) is 99.7 cm³/mol. The molecule has 24 heavy (non-hydrogen) atoms. The SMILES string of the molecule is CC1(C)CCC(C)(C)c2sc(/C=C/c3ccccc3C(=O)O)nc21. The molecule has 0 amide bonds. The largest absolute Gasteiger partial charge is 0.478 e. The molecule has 0 atom stereocenters. The summed E-state index contributed by atoms with van der Waals surface area (Å²) >= 11 is 1.73. The molecule has 0 aliphatic heterocycles. The molecule has 1 heterocycles. The van der Waals surface area contributed by atoms with Crippen molar-refractivity contribution in [3.8, 4) is 0 Å². The van der Waals surface area contributed by atoms with Crippen LogP contribution in [0.5, 0.6) is 0 Å². The van der Waals surface area contributed by atoms with Gasteiger partial charge in [-0.2, -0.15) is 0 Å². The normalized spacial score (nSPS) is 18.5. The Hall–Kier alpha value is -1.94. The van der Waals surface area contributed by atoms with Gasteiger partial charge in [-0.15, -0.1) is 11.3 Å². The lowest BCUT2D eigenvalue weighted by Gasteiger charge is -2.37. The molecule has 1 aromatic carbocycles. The Morgan fingerprint density at radius 1 is 1.12 bits per heavy atom. The van der Waals surface area contributed by atoms with Crippen molar-refractivity contribution in [2.24, 2.45) is 0 Å². The maximum absolute atomic E-state index is 11.3. The molecule has 0 saturated heterocycles. The topological polar surface area (TPSA) is 50.2 Å². The second kappa shape index (κ2) is 5.85. The zero-order valence-corrected chi connectivity index (χ0v) is 15.4. The van der Waals surface area contributed by atoms with E-state index in [1.807, 2.05) is 24.3 Å². The number of nitrogens with zero attached hydrogens (tertiary/aromatic N) is 1. The second-order valence-corrected chi connectivity index (χ2v) is 8.75. The van der Waals surface area contributed by atoms with E-state index in [-0.39, 0.29) is 10.8 Å². The minimum absolute atomic E-state index is 0.104. The van der Waals surface area contributed by atoms with Crippen LogP contribution in [0.25, 0.3) is 12.2 Å². The van der Waals surface area contributed by atoms with Crippen molar-refractivity contribution >= 4 is 29.5 Å². The number of aromatic carboxylic acids is 1. The average Bonchev–Trinajstić information content (AvgIpc) is 2.97. The third kappa shape index (κ3) is 3.03. The van der Waals surface area contributed by atoms with Crippen molar-refractivity contribution in [2.75, 3.05) is 0 Å². The van der Waals surface area contributed by atoms with Gasteiger partial charge in [0, 0.05) is 15.7 Å². The molecule has 0 unspecified atom stereocenters. The van der Waals surface area contributed by atoms with Crippen molar-refractivity contribution in [3.63, 3.8) is 0 Å². The van der Waals surface area contributed by atoms with E-state index >= 15 is 0 Å². The predicted octanol–water partition coefficient (Wildman–Crippen LogP) is 5.36. The van der Waals surface area contributed by atoms with Gasteiger partial charge in [-0.1, -0.05) is 52.0 Å². The van der Waals surface area contributed by atoms with Crippen LogP contribution in [0, 0.1) is 0 Å². The minimum Gasteiger partial charge on any atom is -0.478 e. The Morgan fingerprint density at radius 3 is 2.46 bits per heavy atom. The fraction of sp³-hybridized carbons (Fsp3) is 0.400. The van der Waals surface area contributed by atoms with E-state index in [9.17, 15) is 9.90 Å². The lowest BCUT2D eigenvalue weighted by atomic mass is 9.69. The molecule has 0 saturated carbocycles. The Bertz CT molecular complexity index is 781. The van der Waals surface area contributed by atoms with Crippen molar-refractivity contribution in [3.05, 3.63) is 51.0 Å². The Kier molecular flexibility index (Phi) is 4.12. The number of aromatic nitrogens is 1. The number of carboxylic acid groups (broad SMARTS) is 1. The molecule has 4 heteroatoms. The summed E-state index contributed by atoms with van der Waals surface area (Å²) in [5.74, 6) is -0.907. The van der Waals surface area contributed by atoms with Crippen molar-refractivity contribution in [2.45, 2.75) is 51.4 Å². The van der Waals surface area contributed by atoms with Crippen LogP contribution in [0.3, 0.4) is 0 Å². The van der Waals surface area contributed by atoms with Gasteiger partial charge in [0.25, 0.3) is 0 Å². The van der Waals surface area contributed by atoms with Gasteiger partial charge in [-0.25, -0.2) is 9.78 Å². The number of rotatable bonds is 3. The van der Waals surface area contributed by atoms with Crippen LogP contribution in [0.1, 0.15) is 72.0 Å². The standard InChI is InChI=1S/C20H23NO2S/c1-19(2)11-12-20(3,4)17-16(19)21-15(24-17)10-9-13-7-5-6-8-14(13)18(22)23/h5-10H,11-12H2,1-4H3,(H,22,23)/b10-9+. The first-order valence-electron chi connectivity index (χ1n) is 8.23. The van der Waals surface area contributed by atoms with Gasteiger partial charge in [0.2, 0.25) is 0 Å². The number of fused-ring (bicyclic) bond motifs is 1. The fourth-order valence-corrected chi connectivity index (χ4v) is 4.46. The molecule has 126 valence electrons. The highest BCUT2D eigenvalue weighted by Gasteiger charge is 2.40. The molecular weight excluding hydrogens is 318 g/mol. The first-order valence-corrected chi connectivity index (χ1v) is 9.04. The van der Waals surface area contributed by atoms with E-state index in [0.717, 1.165) is 11.4 Å². The third-order valence-electron chi connectivity index (χ3n) is 4.87. The molecule has 0 fully saturated rings. The number of hydrogen-bond donors (Lipinski definition) is 1. The van der Waals surface area contributed by atoms with Crippen molar-refractivity contribution < 1.29 is 9.90 Å². The fourth-order valence-electron chi connectivity index (χ4n) is 3.18. The molecule has 1 aliphatic carbocycles. The monoisotopic (exact) mass is 341 g/mol. The van der Waals surface area contributed by atoms with E-state index in [4.69, 9.17) is 4.98 Å². The summed E-state index contributed by atoms with van der Waals surface area (Å²) in [7, 11) is 0. The third-order valence-corrected chi connectivity index (χ3v) is 6.26. The molecule has 1 aliphatic rings. The molecular formula is C20H23NO2S. The molecule has 1 aromatic heterocycles. The molecule has 2 aromatic rings. The summed E-state index contributed by atoms with van der Waals surface area (Å²) in [6, 6.07) is 7.04. The van der Waals surface area contributed by atoms with Crippen LogP contribution in [-0.4, -0.2) is 16.1 Å². The number of thiazole rings is 1. The Labute approximate surface area is 147 Å². The lowest BCUT2D eigenvalue weighted by molar-refractivity contribution is 0.0696. The summed E-state index contributed by atoms with van der Waals surface area (Å²) in [4.78, 5) is 17.6. The van der Waals surface area contributed by atoms with E-state index in [2.05, 4.69) is 27.7 Å². The quantitative estimate of drug-likeness (QED) is 0.817. The number of carboxylic acids is 1. The van der Waals surface area contributed by atoms with Crippen molar-refractivity contribution in [1.82, 2.24) is 4.98 Å². The Balaban J connectivity index is 1.99. The molecule has 0 radical (unpaired) electrons. The molecule has 3 rings (SSSR count). The zero-order chi connectivity index (χ0) is 17.5. The summed E-state index contributed by atoms with van der Waals surface area (Å²) in [6.07, 6.45) is 6.10. The smallest absolute Gasteiger partial charge is 0.336 e. The van der Waals surface area contributed by atoms with E-state index in [0.29, 0.717) is 11.1 Å². The van der Waals surface area contributed by atoms with E-state index < -0.39 is 5.97 Å². The van der Waals surface area contributed by atoms with Crippen LogP contribution < -0.4 is 0 Å². The Morgan fingerprint density at radius 2 is 1.79 bits per heavy atom. The van der Waals surface area contributed by atoms with Crippen LogP contribution in [-0.2, 0) is 10.8 Å². The van der Waals surface area contributed by atoms with Crippen LogP contribution >= 0.6 is 11.3 Å². The van der Waals surface area contributed by atoms with Gasteiger partial charge in [-0.05, 0) is 30.5 Å². The van der Waals surface area contributed by atoms with Crippen molar-refractivity contribution in [1.29, 1.82) is 0 Å². The summed E-state index contributed by atoms with van der Waals surface area (Å²) < 4.78 is 0.